The number of aliphatic hydroxyl groups excluding tert-OH is 1. The second-order valence-electron chi connectivity index (χ2n) is 9.90. The van der Waals surface area contributed by atoms with Gasteiger partial charge >= 0.3 is 6.09 Å². The van der Waals surface area contributed by atoms with Gasteiger partial charge in [0.1, 0.15) is 30.4 Å². The van der Waals surface area contributed by atoms with Crippen molar-refractivity contribution in [2.24, 2.45) is 5.92 Å². The third-order valence-corrected chi connectivity index (χ3v) is 7.06. The molecule has 210 valence electrons. The predicted octanol–water partition coefficient (Wildman–Crippen LogP) is 3.65. The van der Waals surface area contributed by atoms with Crippen molar-refractivity contribution in [1.82, 2.24) is 25.3 Å². The van der Waals surface area contributed by atoms with Crippen molar-refractivity contribution < 1.29 is 28.3 Å². The zero-order valence-corrected chi connectivity index (χ0v) is 23.0. The number of amides is 1. The van der Waals surface area contributed by atoms with E-state index < -0.39 is 18.4 Å². The summed E-state index contributed by atoms with van der Waals surface area (Å²) in [4.78, 5) is 23.1. The maximum Gasteiger partial charge on any atom is 0.409 e. The number of rotatable bonds is 9. The highest BCUT2D eigenvalue weighted by atomic mass is 19.1. The Balaban J connectivity index is 1.68. The van der Waals surface area contributed by atoms with Gasteiger partial charge in [-0.3, -0.25) is 0 Å². The first kappa shape index (κ1) is 28.4. The SMILES string of the molecule is CNCC(O)COc1cccc(-c2nc(C[C@@H]3CCN(C(=O)OC)C[C@H]3F)c(C)c(-c3c(C)noc3C)n2)c1. The summed E-state index contributed by atoms with van der Waals surface area (Å²) in [6, 6.07) is 7.36. The summed E-state index contributed by atoms with van der Waals surface area (Å²) in [5.74, 6) is 1.37. The molecule has 0 aliphatic carbocycles. The standard InChI is InChI=1S/C28H36FN5O5/c1-16-24(12-19-9-10-34(14-23(19)29)28(36)37-5)31-27(32-26(16)25-17(2)33-39-18(25)3)20-7-6-8-22(11-20)38-15-21(35)13-30-4/h6-8,11,19,21,23,30,35H,9-10,12-15H2,1-5H3/t19-,21?,23+/m0/s1. The molecule has 3 aromatic rings. The molecule has 1 amide bonds. The minimum atomic E-state index is -1.21. The monoisotopic (exact) mass is 541 g/mol. The number of likely N-dealkylation sites (tertiary alicyclic amines) is 1. The number of carbonyl (C=O) groups excluding carboxylic acids is 1. The molecule has 0 spiro atoms. The molecule has 1 saturated heterocycles. The van der Waals surface area contributed by atoms with Gasteiger partial charge in [0.25, 0.3) is 0 Å². The number of methoxy groups -OCH3 is 1. The Morgan fingerprint density at radius 1 is 1.31 bits per heavy atom. The van der Waals surface area contributed by atoms with E-state index in [-0.39, 0.29) is 19.1 Å². The first-order valence-corrected chi connectivity index (χ1v) is 13.0. The minimum absolute atomic E-state index is 0.0101. The zero-order chi connectivity index (χ0) is 28.1. The molecule has 11 heteroatoms. The van der Waals surface area contributed by atoms with E-state index in [4.69, 9.17) is 24.0 Å². The molecule has 1 aliphatic heterocycles. The number of carbonyl (C=O) groups is 1. The summed E-state index contributed by atoms with van der Waals surface area (Å²) < 4.78 is 31.2. The van der Waals surface area contributed by atoms with Crippen LogP contribution in [0.25, 0.3) is 22.6 Å². The lowest BCUT2D eigenvalue weighted by Crippen LogP contribution is -2.45. The lowest BCUT2D eigenvalue weighted by Gasteiger charge is -2.34. The Bertz CT molecular complexity index is 1280. The average Bonchev–Trinajstić information content (AvgIpc) is 3.26. The van der Waals surface area contributed by atoms with E-state index in [0.717, 1.165) is 22.4 Å². The number of piperidine rings is 1. The van der Waals surface area contributed by atoms with Gasteiger partial charge < -0.3 is 29.3 Å². The van der Waals surface area contributed by atoms with Gasteiger partial charge in [0, 0.05) is 24.3 Å². The fraction of sp³-hybridized carbons (Fsp3) is 0.500. The van der Waals surface area contributed by atoms with E-state index in [2.05, 4.69) is 10.5 Å². The van der Waals surface area contributed by atoms with Crippen LogP contribution in [-0.4, -0.2) is 83.9 Å². The van der Waals surface area contributed by atoms with Crippen LogP contribution in [0.5, 0.6) is 5.75 Å². The van der Waals surface area contributed by atoms with Gasteiger partial charge in [-0.2, -0.15) is 0 Å². The number of halogens is 1. The number of benzene rings is 1. The smallest absolute Gasteiger partial charge is 0.409 e. The molecule has 39 heavy (non-hydrogen) atoms. The molecule has 0 radical (unpaired) electrons. The number of nitrogens with one attached hydrogen (secondary N) is 1. The molecule has 0 saturated carbocycles. The van der Waals surface area contributed by atoms with Crippen molar-refractivity contribution in [2.75, 3.05) is 40.4 Å². The molecule has 10 nitrogen and oxygen atoms in total. The first-order valence-electron chi connectivity index (χ1n) is 13.0. The largest absolute Gasteiger partial charge is 0.491 e. The second-order valence-corrected chi connectivity index (χ2v) is 9.90. The minimum Gasteiger partial charge on any atom is -0.491 e. The molecule has 0 bridgehead atoms. The zero-order valence-electron chi connectivity index (χ0n) is 23.0. The third-order valence-electron chi connectivity index (χ3n) is 7.06. The van der Waals surface area contributed by atoms with Gasteiger partial charge in [-0.1, -0.05) is 17.3 Å². The second kappa shape index (κ2) is 12.5. The molecule has 1 unspecified atom stereocenters. The predicted molar refractivity (Wildman–Crippen MR) is 143 cm³/mol. The van der Waals surface area contributed by atoms with Crippen LogP contribution in [0.2, 0.25) is 0 Å². The third kappa shape index (κ3) is 6.54. The van der Waals surface area contributed by atoms with Crippen LogP contribution in [-0.2, 0) is 11.2 Å². The number of aryl methyl sites for hydroxylation is 2. The number of hydrogen-bond acceptors (Lipinski definition) is 9. The van der Waals surface area contributed by atoms with Gasteiger partial charge in [0.15, 0.2) is 5.82 Å². The molecule has 3 heterocycles. The van der Waals surface area contributed by atoms with Crippen LogP contribution in [0.15, 0.2) is 28.8 Å². The van der Waals surface area contributed by atoms with E-state index in [9.17, 15) is 9.90 Å². The molecule has 1 aromatic carbocycles. The molecule has 4 rings (SSSR count). The first-order chi connectivity index (χ1) is 18.7. The summed E-state index contributed by atoms with van der Waals surface area (Å²) in [5.41, 5.74) is 4.46. The highest BCUT2D eigenvalue weighted by Gasteiger charge is 2.33. The summed E-state index contributed by atoms with van der Waals surface area (Å²) in [5, 5.41) is 17.0. The number of hydrogen-bond donors (Lipinski definition) is 2. The molecule has 2 N–H and O–H groups in total. The Morgan fingerprint density at radius 3 is 2.77 bits per heavy atom. The van der Waals surface area contributed by atoms with Crippen LogP contribution in [0, 0.1) is 26.7 Å². The van der Waals surface area contributed by atoms with Gasteiger partial charge in [0.2, 0.25) is 0 Å². The molecular weight excluding hydrogens is 505 g/mol. The van der Waals surface area contributed by atoms with Crippen LogP contribution in [0.4, 0.5) is 9.18 Å². The van der Waals surface area contributed by atoms with Gasteiger partial charge in [-0.15, -0.1) is 0 Å². The van der Waals surface area contributed by atoms with Crippen LogP contribution in [0.3, 0.4) is 0 Å². The molecule has 3 atom stereocenters. The van der Waals surface area contributed by atoms with Crippen LogP contribution in [0.1, 0.15) is 29.1 Å². The average molecular weight is 542 g/mol. The van der Waals surface area contributed by atoms with Crippen molar-refractivity contribution in [1.29, 1.82) is 0 Å². The van der Waals surface area contributed by atoms with Crippen LogP contribution >= 0.6 is 0 Å². The number of alkyl halides is 1. The van der Waals surface area contributed by atoms with E-state index in [1.54, 1.807) is 7.05 Å². The number of aromatic nitrogens is 3. The maximum absolute atomic E-state index is 15.2. The summed E-state index contributed by atoms with van der Waals surface area (Å²) in [6.45, 7) is 6.59. The highest BCUT2D eigenvalue weighted by Crippen LogP contribution is 2.34. The Kier molecular flexibility index (Phi) is 9.13. The van der Waals surface area contributed by atoms with Crippen molar-refractivity contribution in [2.45, 2.75) is 45.9 Å². The van der Waals surface area contributed by atoms with Gasteiger partial charge in [-0.25, -0.2) is 19.2 Å². The van der Waals surface area contributed by atoms with Crippen molar-refractivity contribution in [3.05, 3.63) is 47.0 Å². The number of ether oxygens (including phenoxy) is 2. The summed E-state index contributed by atoms with van der Waals surface area (Å²) >= 11 is 0. The highest BCUT2D eigenvalue weighted by molar-refractivity contribution is 5.71. The van der Waals surface area contributed by atoms with Crippen molar-refractivity contribution in [3.63, 3.8) is 0 Å². The Morgan fingerprint density at radius 2 is 2.10 bits per heavy atom. The normalized spacial score (nSPS) is 18.2. The molecule has 2 aromatic heterocycles. The topological polar surface area (TPSA) is 123 Å². The van der Waals surface area contributed by atoms with E-state index >= 15 is 4.39 Å². The fourth-order valence-electron chi connectivity index (χ4n) is 4.89. The van der Waals surface area contributed by atoms with Crippen molar-refractivity contribution >= 4 is 6.09 Å². The number of likely N-dealkylation sites (N-methyl/N-ethyl adjacent to an activating group) is 1. The fourth-order valence-corrected chi connectivity index (χ4v) is 4.89. The lowest BCUT2D eigenvalue weighted by atomic mass is 9.88. The van der Waals surface area contributed by atoms with Gasteiger partial charge in [0.05, 0.1) is 30.6 Å². The van der Waals surface area contributed by atoms with Crippen LogP contribution < -0.4 is 10.1 Å². The van der Waals surface area contributed by atoms with E-state index in [1.807, 2.05) is 45.0 Å². The Hall–Kier alpha value is -3.57. The number of nitrogens with zero attached hydrogens (tertiary/aromatic N) is 4. The summed E-state index contributed by atoms with van der Waals surface area (Å²) in [6.07, 6.45) is -1.49. The molecular formula is C28H36FN5O5. The number of aliphatic hydroxyl groups is 1. The molecule has 1 aliphatic rings. The lowest BCUT2D eigenvalue weighted by molar-refractivity contribution is 0.0657. The van der Waals surface area contributed by atoms with Gasteiger partial charge in [-0.05, 0) is 64.3 Å². The quantitative estimate of drug-likeness (QED) is 0.418. The Labute approximate surface area is 227 Å². The molecule has 1 fully saturated rings. The van der Waals surface area contributed by atoms with Crippen molar-refractivity contribution in [3.8, 4) is 28.4 Å². The van der Waals surface area contributed by atoms with E-state index in [0.29, 0.717) is 54.7 Å². The summed E-state index contributed by atoms with van der Waals surface area (Å²) in [7, 11) is 3.06. The maximum atomic E-state index is 15.2. The van der Waals surface area contributed by atoms with E-state index in [1.165, 1.54) is 12.0 Å².